The number of ether oxygens (including phenoxy) is 1. The van der Waals surface area contributed by atoms with Crippen molar-refractivity contribution in [2.75, 3.05) is 12.0 Å². The summed E-state index contributed by atoms with van der Waals surface area (Å²) in [5.41, 5.74) is 2.12. The van der Waals surface area contributed by atoms with Crippen LogP contribution in [0.5, 0.6) is 5.75 Å². The third-order valence-electron chi connectivity index (χ3n) is 5.71. The molecule has 31 heavy (non-hydrogen) atoms. The van der Waals surface area contributed by atoms with Crippen molar-refractivity contribution in [1.29, 1.82) is 0 Å². The number of carbonyl (C=O) groups is 3. The topological polar surface area (TPSA) is 66.9 Å². The van der Waals surface area contributed by atoms with E-state index in [4.69, 9.17) is 4.74 Å². The van der Waals surface area contributed by atoms with Gasteiger partial charge in [0.1, 0.15) is 11.8 Å². The molecule has 6 nitrogen and oxygen atoms in total. The molecule has 0 N–H and O–H groups in total. The molecule has 0 saturated carbocycles. The van der Waals surface area contributed by atoms with Crippen molar-refractivity contribution in [1.82, 2.24) is 4.90 Å². The minimum atomic E-state index is -0.928. The second-order valence-electron chi connectivity index (χ2n) is 7.38. The Balaban J connectivity index is 1.60. The van der Waals surface area contributed by atoms with Gasteiger partial charge < -0.3 is 9.64 Å². The number of methoxy groups -OCH3 is 1. The van der Waals surface area contributed by atoms with Gasteiger partial charge in [-0.15, -0.1) is 0 Å². The second-order valence-corrected chi connectivity index (χ2v) is 8.29. The van der Waals surface area contributed by atoms with Gasteiger partial charge >= 0.3 is 0 Å². The molecule has 0 radical (unpaired) electrons. The van der Waals surface area contributed by atoms with Crippen LogP contribution in [-0.4, -0.2) is 35.8 Å². The van der Waals surface area contributed by atoms with Crippen LogP contribution in [0.2, 0.25) is 0 Å². The maximum Gasteiger partial charge on any atom is 0.262 e. The van der Waals surface area contributed by atoms with Gasteiger partial charge in [0, 0.05) is 10.2 Å². The number of halogens is 1. The molecule has 2 atom stereocenters. The Bertz CT molecular complexity index is 1190. The fraction of sp³-hybridized carbons (Fsp3) is 0.125. The van der Waals surface area contributed by atoms with Gasteiger partial charge in [-0.3, -0.25) is 19.3 Å². The highest BCUT2D eigenvalue weighted by atomic mass is 79.9. The van der Waals surface area contributed by atoms with Crippen molar-refractivity contribution < 1.29 is 19.1 Å². The van der Waals surface area contributed by atoms with Crippen LogP contribution in [0.3, 0.4) is 0 Å². The highest BCUT2D eigenvalue weighted by Gasteiger charge is 2.57. The first-order valence-corrected chi connectivity index (χ1v) is 10.5. The number of rotatable bonds is 4. The summed E-state index contributed by atoms with van der Waals surface area (Å²) >= 11 is 3.41. The fourth-order valence-corrected chi connectivity index (χ4v) is 4.50. The molecule has 0 aromatic heterocycles. The molecule has 2 aliphatic heterocycles. The lowest BCUT2D eigenvalue weighted by molar-refractivity contribution is -0.130. The number of β-lactam (4-membered cyclic amide) rings is 1. The maximum atomic E-state index is 13.4. The van der Waals surface area contributed by atoms with Crippen LogP contribution in [0.15, 0.2) is 77.3 Å². The Morgan fingerprint density at radius 3 is 2.03 bits per heavy atom. The lowest BCUT2D eigenvalue weighted by Crippen LogP contribution is -2.67. The monoisotopic (exact) mass is 476 g/mol. The molecule has 1 fully saturated rings. The minimum Gasteiger partial charge on any atom is -0.497 e. The number of imide groups is 1. The van der Waals surface area contributed by atoms with Crippen LogP contribution < -0.4 is 9.64 Å². The third kappa shape index (κ3) is 2.96. The van der Waals surface area contributed by atoms with Crippen LogP contribution in [0, 0.1) is 0 Å². The van der Waals surface area contributed by atoms with E-state index in [0.717, 1.165) is 14.9 Å². The molecule has 7 heteroatoms. The highest BCUT2D eigenvalue weighted by Crippen LogP contribution is 2.44. The normalized spacial score (nSPS) is 20.0. The van der Waals surface area contributed by atoms with E-state index in [2.05, 4.69) is 15.9 Å². The van der Waals surface area contributed by atoms with Gasteiger partial charge in [-0.1, -0.05) is 40.2 Å². The Morgan fingerprint density at radius 1 is 0.774 bits per heavy atom. The largest absolute Gasteiger partial charge is 0.497 e. The zero-order valence-electron chi connectivity index (χ0n) is 16.5. The van der Waals surface area contributed by atoms with Gasteiger partial charge in [0.25, 0.3) is 17.7 Å². The van der Waals surface area contributed by atoms with Gasteiger partial charge in [-0.25, -0.2) is 0 Å². The number of benzene rings is 3. The van der Waals surface area contributed by atoms with Gasteiger partial charge in [0.2, 0.25) is 0 Å². The van der Waals surface area contributed by atoms with Gasteiger partial charge in [0.15, 0.2) is 0 Å². The zero-order chi connectivity index (χ0) is 21.7. The molecule has 0 bridgehead atoms. The molecule has 0 aliphatic carbocycles. The minimum absolute atomic E-state index is 0.301. The quantitative estimate of drug-likeness (QED) is 0.417. The Labute approximate surface area is 187 Å². The van der Waals surface area contributed by atoms with Crippen molar-refractivity contribution in [3.63, 3.8) is 0 Å². The van der Waals surface area contributed by atoms with Crippen LogP contribution in [0.1, 0.15) is 32.3 Å². The van der Waals surface area contributed by atoms with Gasteiger partial charge in [0.05, 0.1) is 24.3 Å². The van der Waals surface area contributed by atoms with E-state index in [-0.39, 0.29) is 5.91 Å². The first kappa shape index (κ1) is 19.5. The molecule has 3 aromatic rings. The van der Waals surface area contributed by atoms with E-state index in [9.17, 15) is 14.4 Å². The standard InChI is InChI=1S/C24H17BrN2O4/c1-31-17-6-4-5-14(13-17)20-21(24(30)26(20)16-11-9-15(25)10-12-16)27-22(28)18-7-2-3-8-19(18)23(27)29/h2-13,20-21H,1H3/t20-,21+/m1/s1. The number of hydrogen-bond donors (Lipinski definition) is 0. The average Bonchev–Trinajstić information content (AvgIpc) is 3.04. The lowest BCUT2D eigenvalue weighted by Gasteiger charge is -2.49. The van der Waals surface area contributed by atoms with E-state index in [1.165, 1.54) is 0 Å². The van der Waals surface area contributed by atoms with Crippen molar-refractivity contribution >= 4 is 39.3 Å². The predicted molar refractivity (Wildman–Crippen MR) is 118 cm³/mol. The second kappa shape index (κ2) is 7.35. The summed E-state index contributed by atoms with van der Waals surface area (Å²) in [6, 6.07) is 19.9. The molecule has 2 heterocycles. The first-order valence-electron chi connectivity index (χ1n) is 9.71. The number of hydrogen-bond acceptors (Lipinski definition) is 4. The van der Waals surface area contributed by atoms with Crippen LogP contribution in [0.4, 0.5) is 5.69 Å². The summed E-state index contributed by atoms with van der Waals surface area (Å²) in [6.07, 6.45) is 0. The molecule has 3 aromatic carbocycles. The molecule has 154 valence electrons. The molecular formula is C24H17BrN2O4. The van der Waals surface area contributed by atoms with Gasteiger partial charge in [-0.2, -0.15) is 0 Å². The average molecular weight is 477 g/mol. The maximum absolute atomic E-state index is 13.4. The van der Waals surface area contributed by atoms with E-state index < -0.39 is 23.9 Å². The summed E-state index contributed by atoms with van der Waals surface area (Å²) < 4.78 is 6.24. The van der Waals surface area contributed by atoms with Gasteiger partial charge in [-0.05, 0) is 54.1 Å². The Kier molecular flexibility index (Phi) is 4.63. The summed E-state index contributed by atoms with van der Waals surface area (Å²) in [6.45, 7) is 0. The van der Waals surface area contributed by atoms with E-state index in [1.807, 2.05) is 48.5 Å². The number of amides is 3. The predicted octanol–water partition coefficient (Wildman–Crippen LogP) is 4.21. The highest BCUT2D eigenvalue weighted by molar-refractivity contribution is 9.10. The van der Waals surface area contributed by atoms with Crippen LogP contribution in [0.25, 0.3) is 0 Å². The lowest BCUT2D eigenvalue weighted by atomic mass is 9.86. The van der Waals surface area contributed by atoms with Crippen molar-refractivity contribution in [2.45, 2.75) is 12.1 Å². The fourth-order valence-electron chi connectivity index (χ4n) is 4.23. The van der Waals surface area contributed by atoms with E-state index in [0.29, 0.717) is 22.6 Å². The summed E-state index contributed by atoms with van der Waals surface area (Å²) in [4.78, 5) is 42.2. The molecular weight excluding hydrogens is 460 g/mol. The smallest absolute Gasteiger partial charge is 0.262 e. The van der Waals surface area contributed by atoms with Crippen molar-refractivity contribution in [3.05, 3.63) is 94.0 Å². The summed E-state index contributed by atoms with van der Waals surface area (Å²) in [7, 11) is 1.57. The summed E-state index contributed by atoms with van der Waals surface area (Å²) in [5.74, 6) is -0.553. The number of anilines is 1. The first-order chi connectivity index (χ1) is 15.0. The van der Waals surface area contributed by atoms with Crippen molar-refractivity contribution in [2.24, 2.45) is 0 Å². The SMILES string of the molecule is COc1cccc([C@@H]2[C@H](N3C(=O)c4ccccc4C3=O)C(=O)N2c2ccc(Br)cc2)c1. The number of carbonyl (C=O) groups excluding carboxylic acids is 3. The van der Waals surface area contributed by atoms with E-state index in [1.54, 1.807) is 36.3 Å². The molecule has 3 amide bonds. The van der Waals surface area contributed by atoms with Crippen LogP contribution in [-0.2, 0) is 4.79 Å². The molecule has 0 spiro atoms. The van der Waals surface area contributed by atoms with Crippen LogP contribution >= 0.6 is 15.9 Å². The van der Waals surface area contributed by atoms with Crippen molar-refractivity contribution in [3.8, 4) is 5.75 Å². The molecule has 2 aliphatic rings. The molecule has 5 rings (SSSR count). The Morgan fingerprint density at radius 2 is 1.42 bits per heavy atom. The molecule has 1 saturated heterocycles. The summed E-state index contributed by atoms with van der Waals surface area (Å²) in [5, 5.41) is 0. The third-order valence-corrected chi connectivity index (χ3v) is 6.24. The Hall–Kier alpha value is -3.45. The van der Waals surface area contributed by atoms with E-state index >= 15 is 0 Å². The number of fused-ring (bicyclic) bond motifs is 1. The zero-order valence-corrected chi connectivity index (χ0v) is 18.1. The number of nitrogens with zero attached hydrogens (tertiary/aromatic N) is 2. The molecule has 0 unspecified atom stereocenters.